The van der Waals surface area contributed by atoms with Crippen LogP contribution in [-0.2, 0) is 11.2 Å². The number of nitrogens with zero attached hydrogens (tertiary/aromatic N) is 1. The number of hydrogen-bond donors (Lipinski definition) is 1. The van der Waals surface area contributed by atoms with Gasteiger partial charge in [-0.15, -0.1) is 0 Å². The fraction of sp³-hybridized carbons (Fsp3) is 0.417. The summed E-state index contributed by atoms with van der Waals surface area (Å²) >= 11 is 0. The molecule has 1 fully saturated rings. The minimum absolute atomic E-state index is 0.0919. The average Bonchev–Trinajstić information content (AvgIpc) is 2.83. The molecule has 0 aromatic heterocycles. The zero-order valence-electron chi connectivity index (χ0n) is 8.87. The molecular formula is C12H13FN2O. The third kappa shape index (κ3) is 1.41. The van der Waals surface area contributed by atoms with Crippen LogP contribution in [0, 0.1) is 5.82 Å². The molecule has 1 saturated heterocycles. The predicted octanol–water partition coefficient (Wildman–Crippen LogP) is 1.08. The summed E-state index contributed by atoms with van der Waals surface area (Å²) in [7, 11) is 0. The molecule has 0 aliphatic carbocycles. The maximum Gasteiger partial charge on any atom is 0.231 e. The molecule has 2 heterocycles. The normalized spacial score (nSPS) is 23.9. The van der Waals surface area contributed by atoms with Crippen molar-refractivity contribution in [3.05, 3.63) is 29.6 Å². The molecular weight excluding hydrogens is 207 g/mol. The van der Waals surface area contributed by atoms with Crippen LogP contribution in [0.3, 0.4) is 0 Å². The van der Waals surface area contributed by atoms with Gasteiger partial charge in [0, 0.05) is 6.54 Å². The van der Waals surface area contributed by atoms with Crippen molar-refractivity contribution >= 4 is 11.6 Å². The number of rotatable bonds is 1. The van der Waals surface area contributed by atoms with Gasteiger partial charge < -0.3 is 10.2 Å². The summed E-state index contributed by atoms with van der Waals surface area (Å²) in [6.45, 7) is 1.74. The van der Waals surface area contributed by atoms with Gasteiger partial charge in [-0.1, -0.05) is 6.07 Å². The van der Waals surface area contributed by atoms with Crippen LogP contribution in [-0.4, -0.2) is 25.0 Å². The second-order valence-electron chi connectivity index (χ2n) is 4.36. The first-order valence-corrected chi connectivity index (χ1v) is 5.57. The Morgan fingerprint density at radius 2 is 2.31 bits per heavy atom. The molecule has 2 aliphatic rings. The number of benzene rings is 1. The summed E-state index contributed by atoms with van der Waals surface area (Å²) in [5.74, 6) is -0.182. The van der Waals surface area contributed by atoms with E-state index in [0.717, 1.165) is 30.8 Å². The number of nitrogens with one attached hydrogen (secondary N) is 1. The van der Waals surface area contributed by atoms with E-state index in [4.69, 9.17) is 0 Å². The van der Waals surface area contributed by atoms with Crippen LogP contribution in [0.2, 0.25) is 0 Å². The van der Waals surface area contributed by atoms with Gasteiger partial charge >= 0.3 is 0 Å². The van der Waals surface area contributed by atoms with E-state index in [1.165, 1.54) is 12.1 Å². The first-order valence-electron chi connectivity index (χ1n) is 5.57. The van der Waals surface area contributed by atoms with Crippen LogP contribution in [0.4, 0.5) is 10.1 Å². The van der Waals surface area contributed by atoms with E-state index in [9.17, 15) is 9.18 Å². The summed E-state index contributed by atoms with van der Waals surface area (Å²) in [4.78, 5) is 13.7. The number of hydrogen-bond acceptors (Lipinski definition) is 2. The molecule has 0 radical (unpaired) electrons. The first-order chi connectivity index (χ1) is 7.75. The predicted molar refractivity (Wildman–Crippen MR) is 58.9 cm³/mol. The highest BCUT2D eigenvalue weighted by Gasteiger charge is 2.34. The maximum atomic E-state index is 13.2. The summed E-state index contributed by atoms with van der Waals surface area (Å²) in [6.07, 6.45) is 1.35. The Labute approximate surface area is 93.2 Å². The quantitative estimate of drug-likeness (QED) is 0.768. The zero-order chi connectivity index (χ0) is 11.1. The lowest BCUT2D eigenvalue weighted by atomic mass is 10.1. The second-order valence-corrected chi connectivity index (χ2v) is 4.36. The van der Waals surface area contributed by atoms with Crippen LogP contribution >= 0.6 is 0 Å². The van der Waals surface area contributed by atoms with E-state index in [1.807, 2.05) is 0 Å². The fourth-order valence-electron chi connectivity index (χ4n) is 2.55. The van der Waals surface area contributed by atoms with Crippen LogP contribution in [0.15, 0.2) is 18.2 Å². The van der Waals surface area contributed by atoms with E-state index in [-0.39, 0.29) is 17.8 Å². The van der Waals surface area contributed by atoms with E-state index in [2.05, 4.69) is 5.32 Å². The number of halogens is 1. The molecule has 3 nitrogen and oxygen atoms in total. The molecule has 1 amide bonds. The van der Waals surface area contributed by atoms with Gasteiger partial charge in [-0.2, -0.15) is 0 Å². The monoisotopic (exact) mass is 220 g/mol. The average molecular weight is 220 g/mol. The van der Waals surface area contributed by atoms with Gasteiger partial charge in [0.2, 0.25) is 5.91 Å². The topological polar surface area (TPSA) is 32.3 Å². The molecule has 4 heteroatoms. The second kappa shape index (κ2) is 3.56. The Hall–Kier alpha value is -1.42. The highest BCUT2D eigenvalue weighted by Crippen LogP contribution is 2.32. The summed E-state index contributed by atoms with van der Waals surface area (Å²) in [6, 6.07) is 4.79. The van der Waals surface area contributed by atoms with Crippen molar-refractivity contribution in [1.82, 2.24) is 5.32 Å². The van der Waals surface area contributed by atoms with Gasteiger partial charge in [-0.25, -0.2) is 4.39 Å². The van der Waals surface area contributed by atoms with Crippen molar-refractivity contribution in [1.29, 1.82) is 0 Å². The zero-order valence-corrected chi connectivity index (χ0v) is 8.87. The Morgan fingerprint density at radius 3 is 3.06 bits per heavy atom. The van der Waals surface area contributed by atoms with E-state index < -0.39 is 0 Å². The Balaban J connectivity index is 2.00. The van der Waals surface area contributed by atoms with E-state index in [0.29, 0.717) is 6.42 Å². The third-order valence-corrected chi connectivity index (χ3v) is 3.32. The maximum absolute atomic E-state index is 13.2. The van der Waals surface area contributed by atoms with Crippen LogP contribution in [0.1, 0.15) is 12.0 Å². The van der Waals surface area contributed by atoms with Crippen molar-refractivity contribution in [2.45, 2.75) is 18.9 Å². The molecule has 2 aliphatic heterocycles. The summed E-state index contributed by atoms with van der Waals surface area (Å²) < 4.78 is 13.2. The lowest BCUT2D eigenvalue weighted by molar-refractivity contribution is -0.117. The molecule has 1 atom stereocenters. The molecule has 84 valence electrons. The molecule has 0 saturated carbocycles. The van der Waals surface area contributed by atoms with Gasteiger partial charge in [-0.3, -0.25) is 4.79 Å². The fourth-order valence-corrected chi connectivity index (χ4v) is 2.55. The lowest BCUT2D eigenvalue weighted by Gasteiger charge is -2.24. The Morgan fingerprint density at radius 1 is 1.44 bits per heavy atom. The smallest absolute Gasteiger partial charge is 0.231 e. The standard InChI is InChI=1S/C12H13FN2O/c13-9-2-1-8-5-12(16)15(11(8)6-9)10-3-4-14-7-10/h1-2,6,10,14H,3-5,7H2. The number of anilines is 1. The largest absolute Gasteiger partial charge is 0.315 e. The number of carbonyl (C=O) groups is 1. The van der Waals surface area contributed by atoms with Crippen LogP contribution in [0.25, 0.3) is 0 Å². The Bertz CT molecular complexity index is 441. The van der Waals surface area contributed by atoms with Gasteiger partial charge in [-0.05, 0) is 30.7 Å². The molecule has 1 unspecified atom stereocenters. The van der Waals surface area contributed by atoms with Gasteiger partial charge in [0.1, 0.15) is 5.82 Å². The van der Waals surface area contributed by atoms with E-state index >= 15 is 0 Å². The molecule has 0 spiro atoms. The molecule has 1 aromatic carbocycles. The van der Waals surface area contributed by atoms with Crippen molar-refractivity contribution in [2.75, 3.05) is 18.0 Å². The Kier molecular flexibility index (Phi) is 2.17. The van der Waals surface area contributed by atoms with Crippen molar-refractivity contribution in [3.8, 4) is 0 Å². The highest BCUT2D eigenvalue weighted by atomic mass is 19.1. The highest BCUT2D eigenvalue weighted by molar-refractivity contribution is 6.02. The van der Waals surface area contributed by atoms with Gasteiger partial charge in [0.25, 0.3) is 0 Å². The van der Waals surface area contributed by atoms with Crippen LogP contribution in [0.5, 0.6) is 0 Å². The van der Waals surface area contributed by atoms with E-state index in [1.54, 1.807) is 11.0 Å². The lowest BCUT2D eigenvalue weighted by Crippen LogP contribution is -2.39. The van der Waals surface area contributed by atoms with Crippen molar-refractivity contribution in [2.24, 2.45) is 0 Å². The third-order valence-electron chi connectivity index (χ3n) is 3.32. The summed E-state index contributed by atoms with van der Waals surface area (Å²) in [5, 5.41) is 3.23. The number of fused-ring (bicyclic) bond motifs is 1. The SMILES string of the molecule is O=C1Cc2ccc(F)cc2N1C1CCNC1. The van der Waals surface area contributed by atoms with Crippen LogP contribution < -0.4 is 10.2 Å². The molecule has 16 heavy (non-hydrogen) atoms. The minimum Gasteiger partial charge on any atom is -0.315 e. The molecule has 3 rings (SSSR count). The van der Waals surface area contributed by atoms with Crippen molar-refractivity contribution < 1.29 is 9.18 Å². The first kappa shape index (κ1) is 9.78. The van der Waals surface area contributed by atoms with Gasteiger partial charge in [0.15, 0.2) is 0 Å². The van der Waals surface area contributed by atoms with Crippen molar-refractivity contribution in [3.63, 3.8) is 0 Å². The minimum atomic E-state index is -0.274. The summed E-state index contributed by atoms with van der Waals surface area (Å²) in [5.41, 5.74) is 1.71. The molecule has 0 bridgehead atoms. The number of amides is 1. The molecule has 1 N–H and O–H groups in total. The van der Waals surface area contributed by atoms with Gasteiger partial charge in [0.05, 0.1) is 18.2 Å². The molecule has 1 aromatic rings. The number of carbonyl (C=O) groups excluding carboxylic acids is 1.